The van der Waals surface area contributed by atoms with E-state index in [0.717, 1.165) is 25.3 Å². The molecule has 0 fully saturated rings. The van der Waals surface area contributed by atoms with Gasteiger partial charge in [-0.05, 0) is 19.0 Å². The lowest BCUT2D eigenvalue weighted by Gasteiger charge is -2.09. The van der Waals surface area contributed by atoms with Gasteiger partial charge in [0.1, 0.15) is 6.61 Å². The first-order chi connectivity index (χ1) is 8.77. The lowest BCUT2D eigenvalue weighted by Crippen LogP contribution is -2.14. The third kappa shape index (κ3) is 5.67. The van der Waals surface area contributed by atoms with Crippen molar-refractivity contribution >= 4 is 11.6 Å². The van der Waals surface area contributed by atoms with Crippen molar-refractivity contribution in [3.8, 4) is 5.88 Å². The van der Waals surface area contributed by atoms with Gasteiger partial charge in [0.25, 0.3) is 0 Å². The number of nitrogens with one attached hydrogen (secondary N) is 1. The van der Waals surface area contributed by atoms with Crippen molar-refractivity contribution < 1.29 is 9.47 Å². The molecule has 0 saturated heterocycles. The molecule has 0 saturated carbocycles. The highest BCUT2D eigenvalue weighted by atomic mass is 35.5. The minimum atomic E-state index is 0.509. The van der Waals surface area contributed by atoms with Crippen molar-refractivity contribution in [1.29, 1.82) is 0 Å². The molecule has 4 nitrogen and oxygen atoms in total. The molecule has 1 rings (SSSR count). The fourth-order valence-electron chi connectivity index (χ4n) is 1.36. The first-order valence-corrected chi connectivity index (χ1v) is 6.72. The van der Waals surface area contributed by atoms with Gasteiger partial charge < -0.3 is 14.8 Å². The Labute approximate surface area is 114 Å². The first-order valence-electron chi connectivity index (χ1n) is 6.34. The van der Waals surface area contributed by atoms with E-state index < -0.39 is 0 Å². The van der Waals surface area contributed by atoms with Gasteiger partial charge >= 0.3 is 0 Å². The third-order valence-corrected chi connectivity index (χ3v) is 2.61. The van der Waals surface area contributed by atoms with Crippen molar-refractivity contribution in [3.63, 3.8) is 0 Å². The van der Waals surface area contributed by atoms with Gasteiger partial charge in [-0.3, -0.25) is 0 Å². The van der Waals surface area contributed by atoms with E-state index in [1.807, 2.05) is 13.0 Å². The van der Waals surface area contributed by atoms with E-state index >= 15 is 0 Å². The van der Waals surface area contributed by atoms with Crippen LogP contribution in [-0.4, -0.2) is 31.3 Å². The topological polar surface area (TPSA) is 43.4 Å². The van der Waals surface area contributed by atoms with E-state index in [1.54, 1.807) is 6.07 Å². The standard InChI is InChI=1S/C13H21ClN2O2/c1-3-7-17-8-9-18-13-6-5-11(14)12(16-13)10-15-4-2/h5-6,15H,3-4,7-10H2,1-2H3. The van der Waals surface area contributed by atoms with Crippen molar-refractivity contribution in [1.82, 2.24) is 10.3 Å². The number of hydrogen-bond acceptors (Lipinski definition) is 4. The second kappa shape index (κ2) is 9.14. The molecule has 0 aliphatic rings. The van der Waals surface area contributed by atoms with Crippen LogP contribution in [0.15, 0.2) is 12.1 Å². The van der Waals surface area contributed by atoms with Gasteiger partial charge in [0.05, 0.1) is 17.3 Å². The van der Waals surface area contributed by atoms with E-state index in [4.69, 9.17) is 21.1 Å². The van der Waals surface area contributed by atoms with Gasteiger partial charge in [0.15, 0.2) is 0 Å². The summed E-state index contributed by atoms with van der Waals surface area (Å²) in [6.07, 6.45) is 1.02. The van der Waals surface area contributed by atoms with Crippen LogP contribution in [0.1, 0.15) is 26.0 Å². The lowest BCUT2D eigenvalue weighted by atomic mass is 10.3. The van der Waals surface area contributed by atoms with Crippen molar-refractivity contribution in [2.75, 3.05) is 26.4 Å². The Morgan fingerprint density at radius 3 is 2.78 bits per heavy atom. The molecule has 5 heteroatoms. The third-order valence-electron chi connectivity index (χ3n) is 2.26. The Hall–Kier alpha value is -0.840. The molecule has 0 atom stereocenters. The van der Waals surface area contributed by atoms with Crippen LogP contribution in [0.3, 0.4) is 0 Å². The van der Waals surface area contributed by atoms with Crippen LogP contribution in [0.2, 0.25) is 5.02 Å². The molecule has 0 amide bonds. The highest BCUT2D eigenvalue weighted by Crippen LogP contribution is 2.17. The Morgan fingerprint density at radius 1 is 1.22 bits per heavy atom. The number of pyridine rings is 1. The average molecular weight is 273 g/mol. The summed E-state index contributed by atoms with van der Waals surface area (Å²) >= 11 is 6.05. The summed E-state index contributed by atoms with van der Waals surface area (Å²) in [5.41, 5.74) is 0.811. The van der Waals surface area contributed by atoms with Crippen molar-refractivity contribution in [3.05, 3.63) is 22.8 Å². The molecule has 102 valence electrons. The van der Waals surface area contributed by atoms with Gasteiger partial charge in [0.2, 0.25) is 5.88 Å². The highest BCUT2D eigenvalue weighted by Gasteiger charge is 2.04. The quantitative estimate of drug-likeness (QED) is 0.702. The van der Waals surface area contributed by atoms with Gasteiger partial charge in [-0.2, -0.15) is 0 Å². The summed E-state index contributed by atoms with van der Waals surface area (Å²) in [5.74, 6) is 0.590. The Bertz CT molecular complexity index is 348. The number of aromatic nitrogens is 1. The molecular formula is C13H21ClN2O2. The molecule has 18 heavy (non-hydrogen) atoms. The van der Waals surface area contributed by atoms with Crippen LogP contribution in [0.4, 0.5) is 0 Å². The zero-order chi connectivity index (χ0) is 13.2. The van der Waals surface area contributed by atoms with E-state index in [-0.39, 0.29) is 0 Å². The van der Waals surface area contributed by atoms with E-state index in [9.17, 15) is 0 Å². The predicted octanol–water partition coefficient (Wildman–Crippen LogP) is 2.65. The number of rotatable bonds is 9. The normalized spacial score (nSPS) is 10.6. The molecule has 1 N–H and O–H groups in total. The predicted molar refractivity (Wildman–Crippen MR) is 73.2 cm³/mol. The smallest absolute Gasteiger partial charge is 0.213 e. The van der Waals surface area contributed by atoms with E-state index in [2.05, 4.69) is 17.2 Å². The summed E-state index contributed by atoms with van der Waals surface area (Å²) < 4.78 is 10.8. The fourth-order valence-corrected chi connectivity index (χ4v) is 1.54. The molecule has 1 heterocycles. The number of halogens is 1. The molecule has 0 bridgehead atoms. The Balaban J connectivity index is 2.40. The van der Waals surface area contributed by atoms with Gasteiger partial charge in [0, 0.05) is 19.2 Å². The number of hydrogen-bond donors (Lipinski definition) is 1. The minimum Gasteiger partial charge on any atom is -0.475 e. The minimum absolute atomic E-state index is 0.509. The van der Waals surface area contributed by atoms with Crippen LogP contribution < -0.4 is 10.1 Å². The summed E-state index contributed by atoms with van der Waals surface area (Å²) in [4.78, 5) is 4.36. The second-order valence-corrected chi connectivity index (χ2v) is 4.23. The molecule has 0 aromatic carbocycles. The van der Waals surface area contributed by atoms with E-state index in [1.165, 1.54) is 0 Å². The van der Waals surface area contributed by atoms with Crippen molar-refractivity contribution in [2.45, 2.75) is 26.8 Å². The molecule has 1 aromatic heterocycles. The summed E-state index contributed by atoms with van der Waals surface area (Å²) in [5, 5.41) is 3.85. The zero-order valence-corrected chi connectivity index (χ0v) is 11.8. The molecular weight excluding hydrogens is 252 g/mol. The summed E-state index contributed by atoms with van der Waals surface area (Å²) in [6, 6.07) is 3.58. The number of nitrogens with zero attached hydrogens (tertiary/aromatic N) is 1. The van der Waals surface area contributed by atoms with Crippen LogP contribution in [0.5, 0.6) is 5.88 Å². The molecule has 1 aromatic rings. The Morgan fingerprint density at radius 2 is 2.06 bits per heavy atom. The fraction of sp³-hybridized carbons (Fsp3) is 0.615. The first kappa shape index (κ1) is 15.2. The van der Waals surface area contributed by atoms with Gasteiger partial charge in [-0.1, -0.05) is 25.4 Å². The molecule has 0 spiro atoms. The highest BCUT2D eigenvalue weighted by molar-refractivity contribution is 6.31. The average Bonchev–Trinajstić information content (AvgIpc) is 2.39. The largest absolute Gasteiger partial charge is 0.475 e. The number of ether oxygens (including phenoxy) is 2. The maximum Gasteiger partial charge on any atom is 0.213 e. The maximum absolute atomic E-state index is 6.05. The maximum atomic E-state index is 6.05. The van der Waals surface area contributed by atoms with E-state index in [0.29, 0.717) is 30.7 Å². The zero-order valence-electron chi connectivity index (χ0n) is 11.0. The SMILES string of the molecule is CCCOCCOc1ccc(Cl)c(CNCC)n1. The van der Waals surface area contributed by atoms with Gasteiger partial charge in [-0.25, -0.2) is 4.98 Å². The monoisotopic (exact) mass is 272 g/mol. The molecule has 0 unspecified atom stereocenters. The molecule has 0 aliphatic carbocycles. The van der Waals surface area contributed by atoms with Crippen molar-refractivity contribution in [2.24, 2.45) is 0 Å². The molecule has 0 radical (unpaired) electrons. The van der Waals surface area contributed by atoms with Crippen LogP contribution in [-0.2, 0) is 11.3 Å². The summed E-state index contributed by atoms with van der Waals surface area (Å²) in [7, 11) is 0. The molecule has 0 aliphatic heterocycles. The summed E-state index contributed by atoms with van der Waals surface area (Å²) in [6.45, 7) is 7.51. The van der Waals surface area contributed by atoms with Gasteiger partial charge in [-0.15, -0.1) is 0 Å². The Kier molecular flexibility index (Phi) is 7.73. The lowest BCUT2D eigenvalue weighted by molar-refractivity contribution is 0.0989. The van der Waals surface area contributed by atoms with Crippen LogP contribution >= 0.6 is 11.6 Å². The van der Waals surface area contributed by atoms with Crippen LogP contribution in [0, 0.1) is 0 Å². The second-order valence-electron chi connectivity index (χ2n) is 3.82. The van der Waals surface area contributed by atoms with Crippen LogP contribution in [0.25, 0.3) is 0 Å².